The molecule has 5 heteroatoms. The molecule has 1 amide bonds. The van der Waals surface area contributed by atoms with Crippen LogP contribution >= 0.6 is 0 Å². The van der Waals surface area contributed by atoms with Gasteiger partial charge in [-0.15, -0.1) is 0 Å². The van der Waals surface area contributed by atoms with Gasteiger partial charge < -0.3 is 14.4 Å². The van der Waals surface area contributed by atoms with Crippen LogP contribution in [0.5, 0.6) is 0 Å². The molecule has 0 aromatic heterocycles. The van der Waals surface area contributed by atoms with Gasteiger partial charge in [-0.2, -0.15) is 0 Å². The van der Waals surface area contributed by atoms with Gasteiger partial charge in [0.25, 0.3) is 0 Å². The van der Waals surface area contributed by atoms with E-state index in [2.05, 4.69) is 0 Å². The van der Waals surface area contributed by atoms with E-state index in [1.54, 1.807) is 17.0 Å². The lowest BCUT2D eigenvalue weighted by molar-refractivity contribution is 0.0193. The molecule has 1 aliphatic heterocycles. The smallest absolute Gasteiger partial charge is 0.410 e. The molecule has 0 N–H and O–H groups in total. The summed E-state index contributed by atoms with van der Waals surface area (Å²) in [5.41, 5.74) is 1.54. The zero-order valence-electron chi connectivity index (χ0n) is 15.1. The highest BCUT2D eigenvalue weighted by atomic mass is 16.6. The number of esters is 1. The van der Waals surface area contributed by atoms with E-state index in [4.69, 9.17) is 9.47 Å². The quantitative estimate of drug-likeness (QED) is 0.772. The van der Waals surface area contributed by atoms with Gasteiger partial charge in [-0.3, -0.25) is 0 Å². The van der Waals surface area contributed by atoms with Crippen LogP contribution in [0.15, 0.2) is 60.7 Å². The van der Waals surface area contributed by atoms with Crippen LogP contribution in [0.3, 0.4) is 0 Å². The van der Waals surface area contributed by atoms with Crippen molar-refractivity contribution in [1.29, 1.82) is 0 Å². The summed E-state index contributed by atoms with van der Waals surface area (Å²) in [5, 5.41) is 0. The minimum atomic E-state index is -0.290. The number of carbonyl (C=O) groups excluding carboxylic acids is 2. The van der Waals surface area contributed by atoms with E-state index in [1.165, 1.54) is 0 Å². The molecule has 2 fully saturated rings. The Balaban J connectivity index is 1.31. The average molecular weight is 365 g/mol. The number of nitrogens with zero attached hydrogens (tertiary/aromatic N) is 1. The average Bonchev–Trinajstić information content (AvgIpc) is 3.29. The lowest BCUT2D eigenvalue weighted by atomic mass is 9.99. The molecule has 1 heterocycles. The lowest BCUT2D eigenvalue weighted by Crippen LogP contribution is -2.32. The SMILES string of the molecule is O=C(O[C@@H]1CC[C@H]2CN(C(=O)OCc3ccccc3)C[C@H]21)c1ccccc1. The molecule has 0 radical (unpaired) electrons. The topological polar surface area (TPSA) is 55.8 Å². The molecule has 0 unspecified atom stereocenters. The molecule has 5 nitrogen and oxygen atoms in total. The molecule has 3 atom stereocenters. The maximum atomic E-state index is 12.4. The molecule has 1 saturated carbocycles. The van der Waals surface area contributed by atoms with Crippen molar-refractivity contribution in [2.24, 2.45) is 11.8 Å². The Labute approximate surface area is 158 Å². The van der Waals surface area contributed by atoms with E-state index in [1.807, 2.05) is 48.5 Å². The molecule has 2 aromatic rings. The van der Waals surface area contributed by atoms with Crippen LogP contribution in [0.2, 0.25) is 0 Å². The fourth-order valence-electron chi connectivity index (χ4n) is 4.10. The van der Waals surface area contributed by atoms with Crippen molar-refractivity contribution >= 4 is 12.1 Å². The Hall–Kier alpha value is -2.82. The van der Waals surface area contributed by atoms with Gasteiger partial charge in [0, 0.05) is 19.0 Å². The normalized spacial score (nSPS) is 23.7. The molecule has 1 aliphatic carbocycles. The van der Waals surface area contributed by atoms with E-state index in [9.17, 15) is 9.59 Å². The number of amides is 1. The molecule has 140 valence electrons. The summed E-state index contributed by atoms with van der Waals surface area (Å²) in [5.74, 6) is 0.288. The summed E-state index contributed by atoms with van der Waals surface area (Å²) in [7, 11) is 0. The summed E-state index contributed by atoms with van der Waals surface area (Å²) >= 11 is 0. The minimum Gasteiger partial charge on any atom is -0.458 e. The molecule has 27 heavy (non-hydrogen) atoms. The Kier molecular flexibility index (Phi) is 5.10. The van der Waals surface area contributed by atoms with Gasteiger partial charge in [-0.05, 0) is 36.5 Å². The van der Waals surface area contributed by atoms with Crippen LogP contribution in [0, 0.1) is 11.8 Å². The molecule has 2 aliphatic rings. The van der Waals surface area contributed by atoms with Gasteiger partial charge in [0.2, 0.25) is 0 Å². The molecule has 1 saturated heterocycles. The lowest BCUT2D eigenvalue weighted by Gasteiger charge is -2.21. The van der Waals surface area contributed by atoms with Crippen molar-refractivity contribution in [3.8, 4) is 0 Å². The summed E-state index contributed by atoms with van der Waals surface area (Å²) in [6.07, 6.45) is 1.41. The first-order valence-electron chi connectivity index (χ1n) is 9.42. The Morgan fingerprint density at radius 3 is 2.37 bits per heavy atom. The molecule has 0 bridgehead atoms. The minimum absolute atomic E-state index is 0.130. The standard InChI is InChI=1S/C22H23NO4/c24-21(17-9-5-2-6-10-17)27-20-12-11-18-13-23(14-19(18)20)22(25)26-15-16-7-3-1-4-8-16/h1-10,18-20H,11-15H2/t18-,19+,20+/m0/s1. The van der Waals surface area contributed by atoms with Crippen molar-refractivity contribution in [2.75, 3.05) is 13.1 Å². The third-order valence-corrected chi connectivity index (χ3v) is 5.52. The van der Waals surface area contributed by atoms with Gasteiger partial charge in [0.15, 0.2) is 0 Å². The number of benzene rings is 2. The van der Waals surface area contributed by atoms with Gasteiger partial charge in [-0.25, -0.2) is 9.59 Å². The van der Waals surface area contributed by atoms with E-state index in [0.29, 0.717) is 24.6 Å². The number of ether oxygens (including phenoxy) is 2. The van der Waals surface area contributed by atoms with Gasteiger partial charge in [0.05, 0.1) is 5.56 Å². The fourth-order valence-corrected chi connectivity index (χ4v) is 4.10. The third-order valence-electron chi connectivity index (χ3n) is 5.52. The zero-order valence-corrected chi connectivity index (χ0v) is 15.1. The van der Waals surface area contributed by atoms with Gasteiger partial charge in [0.1, 0.15) is 12.7 Å². The number of fused-ring (bicyclic) bond motifs is 1. The largest absolute Gasteiger partial charge is 0.458 e. The maximum absolute atomic E-state index is 12.4. The number of hydrogen-bond acceptors (Lipinski definition) is 4. The van der Waals surface area contributed by atoms with Crippen LogP contribution in [0.4, 0.5) is 4.79 Å². The second-order valence-corrected chi connectivity index (χ2v) is 7.26. The Morgan fingerprint density at radius 2 is 1.63 bits per heavy atom. The van der Waals surface area contributed by atoms with Crippen molar-refractivity contribution in [3.05, 3.63) is 71.8 Å². The molecule has 4 rings (SSSR count). The number of carbonyl (C=O) groups is 2. The molecular formula is C22H23NO4. The van der Waals surface area contributed by atoms with Crippen molar-refractivity contribution in [2.45, 2.75) is 25.6 Å². The van der Waals surface area contributed by atoms with Crippen LogP contribution in [0.1, 0.15) is 28.8 Å². The third kappa shape index (κ3) is 3.97. The number of likely N-dealkylation sites (tertiary alicyclic amines) is 1. The van der Waals surface area contributed by atoms with E-state index < -0.39 is 0 Å². The highest BCUT2D eigenvalue weighted by molar-refractivity contribution is 5.89. The van der Waals surface area contributed by atoms with E-state index in [0.717, 1.165) is 18.4 Å². The summed E-state index contributed by atoms with van der Waals surface area (Å²) < 4.78 is 11.2. The van der Waals surface area contributed by atoms with Crippen molar-refractivity contribution < 1.29 is 19.1 Å². The van der Waals surface area contributed by atoms with E-state index in [-0.39, 0.29) is 30.7 Å². The van der Waals surface area contributed by atoms with Gasteiger partial charge in [-0.1, -0.05) is 48.5 Å². The molecule has 0 spiro atoms. The van der Waals surface area contributed by atoms with Crippen LogP contribution < -0.4 is 0 Å². The summed E-state index contributed by atoms with van der Waals surface area (Å²) in [6.45, 7) is 1.54. The number of rotatable bonds is 4. The van der Waals surface area contributed by atoms with Crippen LogP contribution in [-0.2, 0) is 16.1 Å². The number of hydrogen-bond donors (Lipinski definition) is 0. The summed E-state index contributed by atoms with van der Waals surface area (Å²) in [6, 6.07) is 18.7. The monoisotopic (exact) mass is 365 g/mol. The van der Waals surface area contributed by atoms with Crippen molar-refractivity contribution in [3.63, 3.8) is 0 Å². The molecular weight excluding hydrogens is 342 g/mol. The fraction of sp³-hybridized carbons (Fsp3) is 0.364. The Bertz CT molecular complexity index is 792. The first-order chi connectivity index (χ1) is 13.2. The highest BCUT2D eigenvalue weighted by Gasteiger charge is 2.46. The predicted octanol–water partition coefficient (Wildman–Crippen LogP) is 3.89. The predicted molar refractivity (Wildman–Crippen MR) is 100 cm³/mol. The van der Waals surface area contributed by atoms with Crippen LogP contribution in [0.25, 0.3) is 0 Å². The van der Waals surface area contributed by atoms with Gasteiger partial charge >= 0.3 is 12.1 Å². The first-order valence-corrected chi connectivity index (χ1v) is 9.42. The highest BCUT2D eigenvalue weighted by Crippen LogP contribution is 2.40. The molecule has 2 aromatic carbocycles. The first kappa shape index (κ1) is 17.6. The Morgan fingerprint density at radius 1 is 0.926 bits per heavy atom. The van der Waals surface area contributed by atoms with Crippen molar-refractivity contribution in [1.82, 2.24) is 4.90 Å². The second-order valence-electron chi connectivity index (χ2n) is 7.26. The zero-order chi connectivity index (χ0) is 18.6. The summed E-state index contributed by atoms with van der Waals surface area (Å²) in [4.78, 5) is 26.5. The van der Waals surface area contributed by atoms with E-state index >= 15 is 0 Å². The second kappa shape index (κ2) is 7.82. The van der Waals surface area contributed by atoms with Crippen LogP contribution in [-0.4, -0.2) is 36.2 Å². The maximum Gasteiger partial charge on any atom is 0.410 e.